The highest BCUT2D eigenvalue weighted by Crippen LogP contribution is 2.33. The van der Waals surface area contributed by atoms with Crippen LogP contribution in [0.2, 0.25) is 5.02 Å². The van der Waals surface area contributed by atoms with E-state index in [1.807, 2.05) is 6.07 Å². The van der Waals surface area contributed by atoms with Crippen molar-refractivity contribution in [3.63, 3.8) is 0 Å². The van der Waals surface area contributed by atoms with Crippen molar-refractivity contribution in [3.8, 4) is 0 Å². The summed E-state index contributed by atoms with van der Waals surface area (Å²) in [5.74, 6) is 0. The second-order valence-electron chi connectivity index (χ2n) is 6.14. The minimum atomic E-state index is 0.682. The molecule has 1 saturated heterocycles. The summed E-state index contributed by atoms with van der Waals surface area (Å²) in [4.78, 5) is 2.60. The van der Waals surface area contributed by atoms with Crippen molar-refractivity contribution in [2.75, 3.05) is 11.4 Å². The van der Waals surface area contributed by atoms with E-state index in [-0.39, 0.29) is 0 Å². The molecule has 0 aromatic heterocycles. The van der Waals surface area contributed by atoms with Gasteiger partial charge in [-0.1, -0.05) is 24.6 Å². The molecule has 1 aromatic carbocycles. The maximum Gasteiger partial charge on any atom is 0.0471 e. The Labute approximate surface area is 127 Å². The molecule has 1 heterocycles. The fraction of sp³-hybridized carbons (Fsp3) is 0.647. The Hall–Kier alpha value is -0.730. The van der Waals surface area contributed by atoms with Crippen molar-refractivity contribution < 1.29 is 0 Å². The number of nitrogens with zero attached hydrogens (tertiary/aromatic N) is 1. The third-order valence-corrected chi connectivity index (χ3v) is 5.00. The van der Waals surface area contributed by atoms with E-state index in [1.54, 1.807) is 0 Å². The summed E-state index contributed by atoms with van der Waals surface area (Å²) >= 11 is 6.48. The van der Waals surface area contributed by atoms with E-state index in [1.165, 1.54) is 56.3 Å². The number of piperidine rings is 1. The fourth-order valence-corrected chi connectivity index (χ4v) is 3.50. The zero-order valence-electron chi connectivity index (χ0n) is 12.4. The number of anilines is 1. The number of benzene rings is 1. The van der Waals surface area contributed by atoms with E-state index in [0.717, 1.165) is 17.6 Å². The molecule has 0 spiro atoms. The number of nitrogens with one attached hydrogen (secondary N) is 1. The highest BCUT2D eigenvalue weighted by atomic mass is 35.5. The van der Waals surface area contributed by atoms with Gasteiger partial charge < -0.3 is 10.2 Å². The molecule has 1 N–H and O–H groups in total. The highest BCUT2D eigenvalue weighted by Gasteiger charge is 2.25. The van der Waals surface area contributed by atoms with Gasteiger partial charge in [-0.15, -0.1) is 0 Å². The number of hydrogen-bond acceptors (Lipinski definition) is 2. The van der Waals surface area contributed by atoms with Gasteiger partial charge in [-0.3, -0.25) is 0 Å². The maximum atomic E-state index is 6.48. The monoisotopic (exact) mass is 292 g/mol. The molecule has 1 aliphatic carbocycles. The summed E-state index contributed by atoms with van der Waals surface area (Å²) in [5.41, 5.74) is 2.65. The molecule has 2 fully saturated rings. The summed E-state index contributed by atoms with van der Waals surface area (Å²) in [6, 6.07) is 7.79. The lowest BCUT2D eigenvalue weighted by atomic mass is 9.98. The van der Waals surface area contributed by atoms with Gasteiger partial charge in [-0.05, 0) is 50.7 Å². The minimum Gasteiger partial charge on any atom is -0.368 e. The van der Waals surface area contributed by atoms with Crippen LogP contribution >= 0.6 is 11.6 Å². The van der Waals surface area contributed by atoms with Crippen molar-refractivity contribution in [1.82, 2.24) is 5.32 Å². The normalized spacial score (nSPS) is 23.1. The van der Waals surface area contributed by atoms with Crippen LogP contribution in [-0.4, -0.2) is 18.6 Å². The van der Waals surface area contributed by atoms with Gasteiger partial charge in [-0.2, -0.15) is 0 Å². The van der Waals surface area contributed by atoms with Gasteiger partial charge in [-0.25, -0.2) is 0 Å². The predicted octanol–water partition coefficient (Wildman–Crippen LogP) is 4.36. The predicted molar refractivity (Wildman–Crippen MR) is 86.6 cm³/mol. The standard InChI is InChI=1S/C17H25ClN2/c1-2-14-6-3-4-11-20(14)17-8-5-7-16(18)15(17)12-19-13-9-10-13/h5,7-8,13-14,19H,2-4,6,9-12H2,1H3. The molecule has 0 amide bonds. The van der Waals surface area contributed by atoms with Crippen molar-refractivity contribution in [1.29, 1.82) is 0 Å². The SMILES string of the molecule is CCC1CCCCN1c1cccc(Cl)c1CNC1CC1. The second-order valence-corrected chi connectivity index (χ2v) is 6.55. The van der Waals surface area contributed by atoms with Gasteiger partial charge in [0.1, 0.15) is 0 Å². The quantitative estimate of drug-likeness (QED) is 0.867. The van der Waals surface area contributed by atoms with Crippen LogP contribution in [0.3, 0.4) is 0 Å². The van der Waals surface area contributed by atoms with Gasteiger partial charge >= 0.3 is 0 Å². The Balaban J connectivity index is 1.84. The number of halogens is 1. The molecule has 1 saturated carbocycles. The summed E-state index contributed by atoms with van der Waals surface area (Å²) in [6.07, 6.45) is 7.85. The molecule has 2 aliphatic rings. The van der Waals surface area contributed by atoms with Crippen LogP contribution in [0.1, 0.15) is 51.0 Å². The average Bonchev–Trinajstić information content (AvgIpc) is 3.30. The lowest BCUT2D eigenvalue weighted by Gasteiger charge is -2.38. The van der Waals surface area contributed by atoms with Crippen molar-refractivity contribution in [2.45, 2.75) is 64.1 Å². The lowest BCUT2D eigenvalue weighted by Crippen LogP contribution is -2.40. The Kier molecular flexibility index (Phi) is 4.52. The third kappa shape index (κ3) is 3.12. The third-order valence-electron chi connectivity index (χ3n) is 4.65. The van der Waals surface area contributed by atoms with Crippen LogP contribution in [0.5, 0.6) is 0 Å². The van der Waals surface area contributed by atoms with Crippen LogP contribution in [0.15, 0.2) is 18.2 Å². The van der Waals surface area contributed by atoms with Gasteiger partial charge in [0.2, 0.25) is 0 Å². The molecule has 0 bridgehead atoms. The highest BCUT2D eigenvalue weighted by molar-refractivity contribution is 6.31. The Morgan fingerprint density at radius 1 is 1.25 bits per heavy atom. The molecule has 1 atom stereocenters. The molecule has 1 unspecified atom stereocenters. The van der Waals surface area contributed by atoms with Crippen molar-refractivity contribution in [3.05, 3.63) is 28.8 Å². The first-order chi connectivity index (χ1) is 9.79. The van der Waals surface area contributed by atoms with Gasteiger partial charge in [0.15, 0.2) is 0 Å². The van der Waals surface area contributed by atoms with E-state index in [9.17, 15) is 0 Å². The maximum absolute atomic E-state index is 6.48. The Bertz CT molecular complexity index is 456. The van der Waals surface area contributed by atoms with E-state index in [0.29, 0.717) is 6.04 Å². The van der Waals surface area contributed by atoms with Crippen LogP contribution < -0.4 is 10.2 Å². The van der Waals surface area contributed by atoms with Crippen LogP contribution in [-0.2, 0) is 6.54 Å². The van der Waals surface area contributed by atoms with Gasteiger partial charge in [0.25, 0.3) is 0 Å². The molecule has 3 rings (SSSR count). The molecule has 20 heavy (non-hydrogen) atoms. The van der Waals surface area contributed by atoms with Crippen LogP contribution in [0.25, 0.3) is 0 Å². The molecular weight excluding hydrogens is 268 g/mol. The van der Waals surface area contributed by atoms with Crippen LogP contribution in [0.4, 0.5) is 5.69 Å². The fourth-order valence-electron chi connectivity index (χ4n) is 3.27. The van der Waals surface area contributed by atoms with Gasteiger partial charge in [0.05, 0.1) is 0 Å². The Morgan fingerprint density at radius 3 is 2.85 bits per heavy atom. The first kappa shape index (κ1) is 14.2. The summed E-state index contributed by atoms with van der Waals surface area (Å²) < 4.78 is 0. The molecule has 0 radical (unpaired) electrons. The minimum absolute atomic E-state index is 0.682. The molecule has 3 heteroatoms. The van der Waals surface area contributed by atoms with E-state index < -0.39 is 0 Å². The summed E-state index contributed by atoms with van der Waals surface area (Å²) in [6.45, 7) is 4.39. The van der Waals surface area contributed by atoms with Crippen LogP contribution in [0, 0.1) is 0 Å². The first-order valence-corrected chi connectivity index (χ1v) is 8.44. The summed E-state index contributed by atoms with van der Waals surface area (Å²) in [5, 5.41) is 4.53. The zero-order chi connectivity index (χ0) is 13.9. The molecule has 1 aliphatic heterocycles. The topological polar surface area (TPSA) is 15.3 Å². The molecule has 110 valence electrons. The van der Waals surface area contributed by atoms with E-state index in [2.05, 4.69) is 29.3 Å². The molecule has 1 aromatic rings. The number of hydrogen-bond donors (Lipinski definition) is 1. The smallest absolute Gasteiger partial charge is 0.0471 e. The average molecular weight is 293 g/mol. The summed E-state index contributed by atoms with van der Waals surface area (Å²) in [7, 11) is 0. The Morgan fingerprint density at radius 2 is 2.10 bits per heavy atom. The van der Waals surface area contributed by atoms with E-state index in [4.69, 9.17) is 11.6 Å². The molecule has 2 nitrogen and oxygen atoms in total. The molecular formula is C17H25ClN2. The van der Waals surface area contributed by atoms with Gasteiger partial charge in [0, 0.05) is 41.4 Å². The first-order valence-electron chi connectivity index (χ1n) is 8.07. The lowest BCUT2D eigenvalue weighted by molar-refractivity contribution is 0.448. The number of rotatable bonds is 5. The van der Waals surface area contributed by atoms with E-state index >= 15 is 0 Å². The largest absolute Gasteiger partial charge is 0.368 e. The van der Waals surface area contributed by atoms with Crippen molar-refractivity contribution >= 4 is 17.3 Å². The zero-order valence-corrected chi connectivity index (χ0v) is 13.1. The van der Waals surface area contributed by atoms with Crippen molar-refractivity contribution in [2.24, 2.45) is 0 Å². The second kappa shape index (κ2) is 6.36.